The highest BCUT2D eigenvalue weighted by Gasteiger charge is 2.28. The Morgan fingerprint density at radius 3 is 2.31 bits per heavy atom. The van der Waals surface area contributed by atoms with E-state index in [-0.39, 0.29) is 13.2 Å². The van der Waals surface area contributed by atoms with Crippen LogP contribution in [-0.4, -0.2) is 44.9 Å². The van der Waals surface area contributed by atoms with Crippen molar-refractivity contribution in [3.8, 4) is 45.4 Å². The Morgan fingerprint density at radius 2 is 1.69 bits per heavy atom. The van der Waals surface area contributed by atoms with Crippen LogP contribution in [0.3, 0.4) is 0 Å². The average Bonchev–Trinajstić information content (AvgIpc) is 3.37. The molecule has 4 rings (SSSR count). The Labute approximate surface area is 203 Å². The quantitative estimate of drug-likeness (QED) is 0.320. The van der Waals surface area contributed by atoms with Crippen molar-refractivity contribution in [2.24, 2.45) is 5.41 Å². The van der Waals surface area contributed by atoms with Gasteiger partial charge in [0.2, 0.25) is 0 Å². The number of carbonyl (C=O) groups is 1. The smallest absolute Gasteiger partial charge is 0.312 e. The highest BCUT2D eigenvalue weighted by atomic mass is 16.5. The maximum Gasteiger partial charge on any atom is 0.312 e. The SMILES string of the molecule is COc1ccc(-c2cnc(-c3ccc(-c4ccc(OCC(C)(C)C(=O)O)cc4)nc3)[nH]2)c(CO)c1. The van der Waals surface area contributed by atoms with E-state index in [2.05, 4.69) is 15.0 Å². The molecule has 0 aliphatic heterocycles. The lowest BCUT2D eigenvalue weighted by molar-refractivity contribution is -0.148. The molecule has 8 heteroatoms. The van der Waals surface area contributed by atoms with Crippen molar-refractivity contribution in [2.75, 3.05) is 13.7 Å². The number of ether oxygens (including phenoxy) is 2. The summed E-state index contributed by atoms with van der Waals surface area (Å²) in [5, 5.41) is 18.9. The molecule has 35 heavy (non-hydrogen) atoms. The first-order valence-electron chi connectivity index (χ1n) is 11.1. The van der Waals surface area contributed by atoms with Gasteiger partial charge in [-0.15, -0.1) is 0 Å². The number of nitrogens with one attached hydrogen (secondary N) is 1. The van der Waals surface area contributed by atoms with E-state index < -0.39 is 11.4 Å². The molecule has 180 valence electrons. The predicted octanol–water partition coefficient (Wildman–Crippen LogP) is 4.80. The van der Waals surface area contributed by atoms with E-state index >= 15 is 0 Å². The molecule has 0 saturated heterocycles. The number of aromatic amines is 1. The molecule has 3 N–H and O–H groups in total. The predicted molar refractivity (Wildman–Crippen MR) is 132 cm³/mol. The number of hydrogen-bond donors (Lipinski definition) is 3. The molecule has 0 unspecified atom stereocenters. The van der Waals surface area contributed by atoms with Crippen LogP contribution < -0.4 is 9.47 Å². The van der Waals surface area contributed by atoms with Crippen molar-refractivity contribution in [3.63, 3.8) is 0 Å². The van der Waals surface area contributed by atoms with E-state index in [1.807, 2.05) is 36.4 Å². The summed E-state index contributed by atoms with van der Waals surface area (Å²) < 4.78 is 10.9. The molecule has 0 aliphatic carbocycles. The van der Waals surface area contributed by atoms with Crippen molar-refractivity contribution >= 4 is 5.97 Å². The number of methoxy groups -OCH3 is 1. The molecule has 0 aliphatic rings. The summed E-state index contributed by atoms with van der Waals surface area (Å²) in [6.45, 7) is 3.22. The molecule has 0 fully saturated rings. The average molecular weight is 474 g/mol. The Hall–Kier alpha value is -4.17. The Morgan fingerprint density at radius 1 is 0.971 bits per heavy atom. The van der Waals surface area contributed by atoms with Crippen LogP contribution in [0.2, 0.25) is 0 Å². The number of H-pyrrole nitrogens is 1. The van der Waals surface area contributed by atoms with Gasteiger partial charge in [-0.1, -0.05) is 0 Å². The Balaban J connectivity index is 1.47. The van der Waals surface area contributed by atoms with Gasteiger partial charge in [-0.2, -0.15) is 0 Å². The number of carboxylic acid groups (broad SMARTS) is 1. The van der Waals surface area contributed by atoms with Gasteiger partial charge in [0.1, 0.15) is 23.9 Å². The summed E-state index contributed by atoms with van der Waals surface area (Å²) in [7, 11) is 1.59. The van der Waals surface area contributed by atoms with Gasteiger partial charge in [-0.05, 0) is 74.0 Å². The van der Waals surface area contributed by atoms with E-state index in [4.69, 9.17) is 9.47 Å². The fraction of sp³-hybridized carbons (Fsp3) is 0.222. The van der Waals surface area contributed by atoms with E-state index in [1.165, 1.54) is 0 Å². The van der Waals surface area contributed by atoms with Crippen molar-refractivity contribution in [3.05, 3.63) is 72.6 Å². The van der Waals surface area contributed by atoms with Crippen LogP contribution in [0.15, 0.2) is 67.0 Å². The van der Waals surface area contributed by atoms with Gasteiger partial charge in [-0.25, -0.2) is 4.98 Å². The number of aliphatic carboxylic acids is 1. The van der Waals surface area contributed by atoms with Crippen LogP contribution in [-0.2, 0) is 11.4 Å². The lowest BCUT2D eigenvalue weighted by Gasteiger charge is -2.19. The second-order valence-electron chi connectivity index (χ2n) is 8.76. The highest BCUT2D eigenvalue weighted by molar-refractivity contribution is 5.74. The van der Waals surface area contributed by atoms with Gasteiger partial charge in [0, 0.05) is 22.9 Å². The number of nitrogens with zero attached hydrogens (tertiary/aromatic N) is 2. The zero-order valence-electron chi connectivity index (χ0n) is 19.8. The zero-order valence-corrected chi connectivity index (χ0v) is 19.8. The maximum absolute atomic E-state index is 11.2. The summed E-state index contributed by atoms with van der Waals surface area (Å²) in [5.74, 6) is 1.05. The number of benzene rings is 2. The summed E-state index contributed by atoms with van der Waals surface area (Å²) >= 11 is 0. The number of aliphatic hydroxyl groups excluding tert-OH is 1. The molecule has 0 spiro atoms. The topological polar surface area (TPSA) is 118 Å². The highest BCUT2D eigenvalue weighted by Crippen LogP contribution is 2.29. The molecule has 2 aromatic heterocycles. The Kier molecular flexibility index (Phi) is 6.84. The molecule has 0 amide bonds. The van der Waals surface area contributed by atoms with E-state index in [0.29, 0.717) is 17.3 Å². The minimum Gasteiger partial charge on any atom is -0.497 e. The maximum atomic E-state index is 11.2. The zero-order chi connectivity index (χ0) is 25.0. The fourth-order valence-corrected chi connectivity index (χ4v) is 3.45. The number of carboxylic acids is 1. The van der Waals surface area contributed by atoms with Crippen molar-refractivity contribution in [1.82, 2.24) is 15.0 Å². The monoisotopic (exact) mass is 473 g/mol. The second kappa shape index (κ2) is 9.99. The second-order valence-corrected chi connectivity index (χ2v) is 8.76. The summed E-state index contributed by atoms with van der Waals surface area (Å²) in [4.78, 5) is 23.6. The van der Waals surface area contributed by atoms with Crippen LogP contribution in [0.4, 0.5) is 0 Å². The molecule has 0 bridgehead atoms. The molecular formula is C27H27N3O5. The van der Waals surface area contributed by atoms with Crippen LogP contribution in [0.1, 0.15) is 19.4 Å². The van der Waals surface area contributed by atoms with Gasteiger partial charge in [0.15, 0.2) is 0 Å². The van der Waals surface area contributed by atoms with Gasteiger partial charge in [0.05, 0.1) is 36.7 Å². The van der Waals surface area contributed by atoms with E-state index in [1.54, 1.807) is 51.6 Å². The van der Waals surface area contributed by atoms with E-state index in [9.17, 15) is 15.0 Å². The van der Waals surface area contributed by atoms with Gasteiger partial charge in [0.25, 0.3) is 0 Å². The molecule has 0 radical (unpaired) electrons. The first kappa shape index (κ1) is 24.0. The molecule has 0 saturated carbocycles. The molecule has 8 nitrogen and oxygen atoms in total. The van der Waals surface area contributed by atoms with Crippen LogP contribution >= 0.6 is 0 Å². The van der Waals surface area contributed by atoms with Crippen LogP contribution in [0.5, 0.6) is 11.5 Å². The third-order valence-corrected chi connectivity index (χ3v) is 5.71. The lowest BCUT2D eigenvalue weighted by atomic mass is 9.95. The molecule has 2 aromatic carbocycles. The number of pyridine rings is 1. The number of aliphatic hydroxyl groups is 1. The molecule has 4 aromatic rings. The number of rotatable bonds is 9. The van der Waals surface area contributed by atoms with Crippen molar-refractivity contribution < 1.29 is 24.5 Å². The normalized spacial score (nSPS) is 11.3. The largest absolute Gasteiger partial charge is 0.497 e. The van der Waals surface area contributed by atoms with Crippen molar-refractivity contribution in [1.29, 1.82) is 0 Å². The van der Waals surface area contributed by atoms with Crippen LogP contribution in [0, 0.1) is 5.41 Å². The number of aromatic nitrogens is 3. The fourth-order valence-electron chi connectivity index (χ4n) is 3.45. The van der Waals surface area contributed by atoms with Crippen LogP contribution in [0.25, 0.3) is 33.9 Å². The first-order valence-corrected chi connectivity index (χ1v) is 11.1. The molecule has 0 atom stereocenters. The minimum absolute atomic E-state index is 0.0795. The first-order chi connectivity index (χ1) is 16.8. The van der Waals surface area contributed by atoms with Gasteiger partial charge < -0.3 is 24.7 Å². The third-order valence-electron chi connectivity index (χ3n) is 5.71. The van der Waals surface area contributed by atoms with Gasteiger partial charge >= 0.3 is 5.97 Å². The Bertz CT molecular complexity index is 1310. The summed E-state index contributed by atoms with van der Waals surface area (Å²) in [5.41, 5.74) is 3.95. The lowest BCUT2D eigenvalue weighted by Crippen LogP contribution is -2.30. The molecular weight excluding hydrogens is 446 g/mol. The summed E-state index contributed by atoms with van der Waals surface area (Å²) in [6.07, 6.45) is 3.48. The standard InChI is InChI=1S/C27H27N3O5/c1-27(2,26(32)33)16-35-20-7-4-17(5-8-20)23-11-6-18(13-28-23)25-29-14-24(30-25)22-10-9-21(34-3)12-19(22)15-31/h4-14,31H,15-16H2,1-3H3,(H,29,30)(H,32,33). The molecule has 2 heterocycles. The van der Waals surface area contributed by atoms with Gasteiger partial charge in [-0.3, -0.25) is 9.78 Å². The number of imidazole rings is 1. The third kappa shape index (κ3) is 5.33. The van der Waals surface area contributed by atoms with E-state index in [0.717, 1.165) is 33.6 Å². The van der Waals surface area contributed by atoms with Crippen molar-refractivity contribution in [2.45, 2.75) is 20.5 Å². The number of hydrogen-bond acceptors (Lipinski definition) is 6. The minimum atomic E-state index is -0.963. The summed E-state index contributed by atoms with van der Waals surface area (Å²) in [6, 6.07) is 16.7.